The van der Waals surface area contributed by atoms with Crippen LogP contribution in [-0.2, 0) is 19.1 Å². The van der Waals surface area contributed by atoms with E-state index < -0.39 is 16.9 Å². The van der Waals surface area contributed by atoms with Gasteiger partial charge < -0.3 is 14.4 Å². The lowest BCUT2D eigenvalue weighted by atomic mass is 10.1. The number of hydrogen-bond acceptors (Lipinski definition) is 7. The monoisotopic (exact) mass is 296 g/mol. The molecule has 0 N–H and O–H groups in total. The number of non-ortho nitro benzene ring substituents is 1. The summed E-state index contributed by atoms with van der Waals surface area (Å²) in [5, 5.41) is 10.9. The van der Waals surface area contributed by atoms with Crippen molar-refractivity contribution in [2.75, 3.05) is 32.2 Å². The number of anilines is 1. The summed E-state index contributed by atoms with van der Waals surface area (Å²) < 4.78 is 9.12. The predicted octanol–water partition coefficient (Wildman–Crippen LogP) is 1.06. The highest BCUT2D eigenvalue weighted by molar-refractivity contribution is 5.81. The van der Waals surface area contributed by atoms with E-state index in [0.29, 0.717) is 11.3 Å². The summed E-state index contributed by atoms with van der Waals surface area (Å²) in [6.45, 7) is 1.25. The fourth-order valence-electron chi connectivity index (χ4n) is 1.71. The van der Waals surface area contributed by atoms with E-state index in [4.69, 9.17) is 0 Å². The molecule has 0 aliphatic rings. The Morgan fingerprint density at radius 2 is 1.67 bits per heavy atom. The normalized spacial score (nSPS) is 9.86. The van der Waals surface area contributed by atoms with Crippen LogP contribution in [0, 0.1) is 17.0 Å². The molecule has 0 bridgehead atoms. The van der Waals surface area contributed by atoms with Crippen molar-refractivity contribution in [1.82, 2.24) is 0 Å². The highest BCUT2D eigenvalue weighted by atomic mass is 16.6. The number of aryl methyl sites for hydroxylation is 1. The van der Waals surface area contributed by atoms with E-state index in [-0.39, 0.29) is 18.8 Å². The second kappa shape index (κ2) is 7.22. The second-order valence-electron chi connectivity index (χ2n) is 4.29. The van der Waals surface area contributed by atoms with Gasteiger partial charge in [-0.25, -0.2) is 0 Å². The van der Waals surface area contributed by atoms with Gasteiger partial charge in [-0.15, -0.1) is 0 Å². The van der Waals surface area contributed by atoms with Crippen LogP contribution in [0.5, 0.6) is 0 Å². The van der Waals surface area contributed by atoms with Crippen LogP contribution < -0.4 is 4.90 Å². The molecule has 0 unspecified atom stereocenters. The van der Waals surface area contributed by atoms with Crippen LogP contribution in [0.3, 0.4) is 0 Å². The smallest absolute Gasteiger partial charge is 0.325 e. The SMILES string of the molecule is COC(=O)CN(CC(=O)OC)c1cc(C)cc([N+](=O)[O-])c1. The summed E-state index contributed by atoms with van der Waals surface area (Å²) >= 11 is 0. The van der Waals surface area contributed by atoms with E-state index in [1.54, 1.807) is 13.0 Å². The predicted molar refractivity (Wildman–Crippen MR) is 74.1 cm³/mol. The number of hydrogen-bond donors (Lipinski definition) is 0. The van der Waals surface area contributed by atoms with Crippen molar-refractivity contribution >= 4 is 23.3 Å². The second-order valence-corrected chi connectivity index (χ2v) is 4.29. The Kier molecular flexibility index (Phi) is 5.65. The standard InChI is InChI=1S/C13H16N2O6/c1-9-4-10(6-11(5-9)15(18)19)14(7-12(16)20-2)8-13(17)21-3/h4-6H,7-8H2,1-3H3. The number of carbonyl (C=O) groups is 2. The van der Waals surface area contributed by atoms with Crippen molar-refractivity contribution in [2.45, 2.75) is 6.92 Å². The molecule has 8 heteroatoms. The van der Waals surface area contributed by atoms with Crippen molar-refractivity contribution in [1.29, 1.82) is 0 Å². The van der Waals surface area contributed by atoms with Gasteiger partial charge in [0.05, 0.1) is 19.1 Å². The molecular formula is C13H16N2O6. The van der Waals surface area contributed by atoms with Crippen molar-refractivity contribution in [3.05, 3.63) is 33.9 Å². The molecular weight excluding hydrogens is 280 g/mol. The number of carbonyl (C=O) groups excluding carboxylic acids is 2. The highest BCUT2D eigenvalue weighted by Crippen LogP contribution is 2.23. The summed E-state index contributed by atoms with van der Waals surface area (Å²) in [7, 11) is 2.44. The lowest BCUT2D eigenvalue weighted by molar-refractivity contribution is -0.384. The highest BCUT2D eigenvalue weighted by Gasteiger charge is 2.19. The van der Waals surface area contributed by atoms with Crippen molar-refractivity contribution in [3.63, 3.8) is 0 Å². The third-order valence-corrected chi connectivity index (χ3v) is 2.72. The first kappa shape index (κ1) is 16.4. The summed E-state index contributed by atoms with van der Waals surface area (Å²) in [5.41, 5.74) is 0.890. The molecule has 0 saturated heterocycles. The Morgan fingerprint density at radius 1 is 1.14 bits per heavy atom. The Labute approximate surface area is 121 Å². The summed E-state index contributed by atoms with van der Waals surface area (Å²) in [4.78, 5) is 34.5. The van der Waals surface area contributed by atoms with E-state index in [0.717, 1.165) is 0 Å². The number of methoxy groups -OCH3 is 2. The topological polar surface area (TPSA) is 99.0 Å². The van der Waals surface area contributed by atoms with Crippen molar-refractivity contribution in [2.24, 2.45) is 0 Å². The van der Waals surface area contributed by atoms with Crippen molar-refractivity contribution in [3.8, 4) is 0 Å². The third-order valence-electron chi connectivity index (χ3n) is 2.72. The number of nitro benzene ring substituents is 1. The molecule has 0 radical (unpaired) electrons. The van der Waals surface area contributed by atoms with Crippen LogP contribution in [-0.4, -0.2) is 44.2 Å². The van der Waals surface area contributed by atoms with Crippen LogP contribution in [0.15, 0.2) is 18.2 Å². The van der Waals surface area contributed by atoms with Gasteiger partial charge in [0.1, 0.15) is 13.1 Å². The van der Waals surface area contributed by atoms with E-state index in [9.17, 15) is 19.7 Å². The van der Waals surface area contributed by atoms with E-state index in [1.165, 1.54) is 31.3 Å². The van der Waals surface area contributed by atoms with Gasteiger partial charge in [-0.3, -0.25) is 19.7 Å². The summed E-state index contributed by atoms with van der Waals surface area (Å²) in [6, 6.07) is 4.33. The maximum atomic E-state index is 11.4. The van der Waals surface area contributed by atoms with E-state index in [2.05, 4.69) is 9.47 Å². The lowest BCUT2D eigenvalue weighted by Gasteiger charge is -2.22. The molecule has 1 rings (SSSR count). The van der Waals surface area contributed by atoms with E-state index >= 15 is 0 Å². The van der Waals surface area contributed by atoms with Gasteiger partial charge in [-0.1, -0.05) is 0 Å². The molecule has 0 aliphatic carbocycles. The van der Waals surface area contributed by atoms with Crippen LogP contribution >= 0.6 is 0 Å². The Balaban J connectivity index is 3.14. The molecule has 0 heterocycles. The van der Waals surface area contributed by atoms with Gasteiger partial charge in [0.25, 0.3) is 5.69 Å². The first-order chi connectivity index (χ1) is 9.87. The van der Waals surface area contributed by atoms with Gasteiger partial charge in [0.15, 0.2) is 0 Å². The number of nitro groups is 1. The minimum atomic E-state index is -0.567. The van der Waals surface area contributed by atoms with Crippen molar-refractivity contribution < 1.29 is 24.0 Å². The maximum absolute atomic E-state index is 11.4. The lowest BCUT2D eigenvalue weighted by Crippen LogP contribution is -2.35. The molecule has 0 spiro atoms. The zero-order valence-corrected chi connectivity index (χ0v) is 12.0. The van der Waals surface area contributed by atoms with Gasteiger partial charge in [0.2, 0.25) is 0 Å². The van der Waals surface area contributed by atoms with Gasteiger partial charge in [-0.2, -0.15) is 0 Å². The molecule has 8 nitrogen and oxygen atoms in total. The van der Waals surface area contributed by atoms with Crippen LogP contribution in [0.1, 0.15) is 5.56 Å². The average Bonchev–Trinajstić information content (AvgIpc) is 2.45. The molecule has 1 aromatic carbocycles. The minimum Gasteiger partial charge on any atom is -0.468 e. The number of nitrogens with zero attached hydrogens (tertiary/aromatic N) is 2. The van der Waals surface area contributed by atoms with Crippen LogP contribution in [0.4, 0.5) is 11.4 Å². The largest absolute Gasteiger partial charge is 0.468 e. The van der Waals surface area contributed by atoms with Gasteiger partial charge in [-0.05, 0) is 18.6 Å². The maximum Gasteiger partial charge on any atom is 0.325 e. The molecule has 0 amide bonds. The molecule has 0 fully saturated rings. The quantitative estimate of drug-likeness (QED) is 0.439. The molecule has 1 aromatic rings. The number of ether oxygens (including phenoxy) is 2. The van der Waals surface area contributed by atoms with Crippen LogP contribution in [0.25, 0.3) is 0 Å². The Hall–Kier alpha value is -2.64. The summed E-state index contributed by atoms with van der Waals surface area (Å²) in [6.07, 6.45) is 0. The van der Waals surface area contributed by atoms with Gasteiger partial charge >= 0.3 is 11.9 Å². The molecule has 0 atom stereocenters. The average molecular weight is 296 g/mol. The summed E-state index contributed by atoms with van der Waals surface area (Å²) in [5.74, 6) is -1.13. The molecule has 0 saturated carbocycles. The fourth-order valence-corrected chi connectivity index (χ4v) is 1.71. The first-order valence-corrected chi connectivity index (χ1v) is 6.02. The minimum absolute atomic E-state index is 0.121. The zero-order chi connectivity index (χ0) is 16.0. The Bertz CT molecular complexity index is 540. The number of benzene rings is 1. The molecule has 0 aliphatic heterocycles. The first-order valence-electron chi connectivity index (χ1n) is 6.02. The molecule has 21 heavy (non-hydrogen) atoms. The van der Waals surface area contributed by atoms with Crippen LogP contribution in [0.2, 0.25) is 0 Å². The van der Waals surface area contributed by atoms with Gasteiger partial charge in [0, 0.05) is 17.8 Å². The fraction of sp³-hybridized carbons (Fsp3) is 0.385. The zero-order valence-electron chi connectivity index (χ0n) is 12.0. The third kappa shape index (κ3) is 4.75. The molecule has 114 valence electrons. The molecule has 0 aromatic heterocycles. The number of esters is 2. The van der Waals surface area contributed by atoms with E-state index in [1.807, 2.05) is 0 Å². The number of rotatable bonds is 6. The Morgan fingerprint density at radius 3 is 2.10 bits per heavy atom.